The minimum atomic E-state index is -0.941. The van der Waals surface area contributed by atoms with Gasteiger partial charge >= 0.3 is 5.97 Å². The van der Waals surface area contributed by atoms with Crippen LogP contribution in [0.25, 0.3) is 0 Å². The molecule has 0 radical (unpaired) electrons. The number of carbonyl (C=O) groups excluding carboxylic acids is 1. The van der Waals surface area contributed by atoms with Crippen LogP contribution in [0.3, 0.4) is 0 Å². The normalized spacial score (nSPS) is 13.8. The Kier molecular flexibility index (Phi) is 5.40. The number of hydrogen-bond donors (Lipinski definition) is 2. The molecule has 4 nitrogen and oxygen atoms in total. The molecule has 2 unspecified atom stereocenters. The second-order valence-corrected chi connectivity index (χ2v) is 5.59. The lowest BCUT2D eigenvalue weighted by atomic mass is 10.0. The Labute approximate surface area is 124 Å². The maximum Gasteiger partial charge on any atom is 0.308 e. The van der Waals surface area contributed by atoms with Gasteiger partial charge in [-0.15, -0.1) is 0 Å². The van der Waals surface area contributed by atoms with Crippen molar-refractivity contribution in [3.63, 3.8) is 0 Å². The van der Waals surface area contributed by atoms with Crippen LogP contribution < -0.4 is 5.32 Å². The molecule has 0 spiro atoms. The smallest absolute Gasteiger partial charge is 0.308 e. The lowest BCUT2D eigenvalue weighted by Gasteiger charge is -2.17. The van der Waals surface area contributed by atoms with E-state index in [-0.39, 0.29) is 5.91 Å². The maximum atomic E-state index is 11.9. The average Bonchev–Trinajstić information content (AvgIpc) is 2.31. The van der Waals surface area contributed by atoms with E-state index in [4.69, 9.17) is 16.7 Å². The number of rotatable bonds is 4. The summed E-state index contributed by atoms with van der Waals surface area (Å²) < 4.78 is 0.859. The van der Waals surface area contributed by atoms with Gasteiger partial charge in [0.2, 0.25) is 0 Å². The number of carboxylic acid groups (broad SMARTS) is 1. The quantitative estimate of drug-likeness (QED) is 0.788. The highest BCUT2D eigenvalue weighted by Gasteiger charge is 2.21. The van der Waals surface area contributed by atoms with Crippen LogP contribution in [0.4, 0.5) is 0 Å². The number of amides is 1. The molecule has 18 heavy (non-hydrogen) atoms. The Bertz CT molecular complexity index is 478. The molecule has 1 aromatic rings. The predicted molar refractivity (Wildman–Crippen MR) is 77.9 cm³/mol. The Morgan fingerprint density at radius 3 is 2.50 bits per heavy atom. The zero-order valence-electron chi connectivity index (χ0n) is 9.91. The minimum Gasteiger partial charge on any atom is -0.481 e. The molecule has 0 saturated carbocycles. The molecule has 2 atom stereocenters. The third-order valence-corrected chi connectivity index (χ3v) is 4.25. The molecule has 1 rings (SSSR count). The van der Waals surface area contributed by atoms with Crippen LogP contribution in [0.2, 0.25) is 5.02 Å². The largest absolute Gasteiger partial charge is 0.481 e. The van der Waals surface area contributed by atoms with Crippen molar-refractivity contribution in [3.8, 4) is 0 Å². The second kappa shape index (κ2) is 6.38. The molecule has 98 valence electrons. The number of aliphatic carboxylic acids is 1. The summed E-state index contributed by atoms with van der Waals surface area (Å²) in [7, 11) is 0. The van der Waals surface area contributed by atoms with E-state index in [1.807, 2.05) is 0 Å². The molecule has 2 N–H and O–H groups in total. The number of hydrogen-bond acceptors (Lipinski definition) is 2. The van der Waals surface area contributed by atoms with Crippen molar-refractivity contribution in [1.82, 2.24) is 5.32 Å². The van der Waals surface area contributed by atoms with E-state index in [9.17, 15) is 9.59 Å². The predicted octanol–water partition coefficient (Wildman–Crippen LogP) is 2.78. The molecule has 0 saturated heterocycles. The van der Waals surface area contributed by atoms with Crippen LogP contribution in [0.1, 0.15) is 24.2 Å². The van der Waals surface area contributed by atoms with Gasteiger partial charge in [0, 0.05) is 15.2 Å². The zero-order valence-corrected chi connectivity index (χ0v) is 12.8. The Balaban J connectivity index is 2.76. The van der Waals surface area contributed by atoms with Crippen molar-refractivity contribution in [2.45, 2.75) is 19.9 Å². The molecule has 0 fully saturated rings. The van der Waals surface area contributed by atoms with Gasteiger partial charge < -0.3 is 10.4 Å². The summed E-state index contributed by atoms with van der Waals surface area (Å²) in [4.78, 5) is 22.7. The van der Waals surface area contributed by atoms with Crippen molar-refractivity contribution in [2.24, 2.45) is 5.92 Å². The minimum absolute atomic E-state index is 0.325. The van der Waals surface area contributed by atoms with Gasteiger partial charge in [0.25, 0.3) is 5.91 Å². The first-order chi connectivity index (χ1) is 8.32. The average molecular weight is 382 g/mol. The van der Waals surface area contributed by atoms with Gasteiger partial charge in [0.05, 0.1) is 10.9 Å². The monoisotopic (exact) mass is 381 g/mol. The molecule has 0 aliphatic rings. The van der Waals surface area contributed by atoms with E-state index >= 15 is 0 Å². The third-order valence-electron chi connectivity index (χ3n) is 2.68. The van der Waals surface area contributed by atoms with Crippen molar-refractivity contribution in [1.29, 1.82) is 0 Å². The topological polar surface area (TPSA) is 66.4 Å². The van der Waals surface area contributed by atoms with E-state index in [1.54, 1.807) is 32.0 Å². The summed E-state index contributed by atoms with van der Waals surface area (Å²) in [5, 5.41) is 12.0. The molecule has 6 heteroatoms. The SMILES string of the molecule is CC(NC(=O)c1ccc(I)c(Cl)c1)C(C)C(=O)O. The van der Waals surface area contributed by atoms with Gasteiger partial charge in [0.1, 0.15) is 0 Å². The summed E-state index contributed by atoms with van der Waals surface area (Å²) in [6.07, 6.45) is 0. The van der Waals surface area contributed by atoms with E-state index in [2.05, 4.69) is 27.9 Å². The van der Waals surface area contributed by atoms with Crippen LogP contribution in [-0.4, -0.2) is 23.0 Å². The van der Waals surface area contributed by atoms with Gasteiger partial charge in [-0.25, -0.2) is 0 Å². The highest BCUT2D eigenvalue weighted by Crippen LogP contribution is 2.19. The molecule has 0 bridgehead atoms. The lowest BCUT2D eigenvalue weighted by molar-refractivity contribution is -0.141. The molecule has 1 aromatic carbocycles. The summed E-state index contributed by atoms with van der Waals surface area (Å²) >= 11 is 7.99. The van der Waals surface area contributed by atoms with Gasteiger partial charge in [0.15, 0.2) is 0 Å². The van der Waals surface area contributed by atoms with Crippen LogP contribution in [0.5, 0.6) is 0 Å². The fourth-order valence-corrected chi connectivity index (χ4v) is 1.78. The first-order valence-electron chi connectivity index (χ1n) is 5.31. The van der Waals surface area contributed by atoms with Gasteiger partial charge in [-0.05, 0) is 54.6 Å². The van der Waals surface area contributed by atoms with Gasteiger partial charge in [-0.3, -0.25) is 9.59 Å². The van der Waals surface area contributed by atoms with Gasteiger partial charge in [-0.1, -0.05) is 11.6 Å². The number of nitrogens with one attached hydrogen (secondary N) is 1. The summed E-state index contributed by atoms with van der Waals surface area (Å²) in [5.41, 5.74) is 0.421. The molecule has 1 amide bonds. The van der Waals surface area contributed by atoms with E-state index in [1.165, 1.54) is 0 Å². The van der Waals surface area contributed by atoms with Crippen LogP contribution in [0, 0.1) is 9.49 Å². The molecule has 0 aromatic heterocycles. The van der Waals surface area contributed by atoms with Crippen LogP contribution in [-0.2, 0) is 4.79 Å². The number of carboxylic acids is 1. The van der Waals surface area contributed by atoms with Gasteiger partial charge in [-0.2, -0.15) is 0 Å². The fourth-order valence-electron chi connectivity index (χ4n) is 1.27. The Hall–Kier alpha value is -0.820. The molecular weight excluding hydrogens is 368 g/mol. The standard InChI is InChI=1S/C12H13ClINO3/c1-6(12(17)18)7(2)15-11(16)8-3-4-10(14)9(13)5-8/h3-7H,1-2H3,(H,15,16)(H,17,18). The summed E-state index contributed by atoms with van der Waals surface area (Å²) in [6, 6.07) is 4.51. The first-order valence-corrected chi connectivity index (χ1v) is 6.77. The van der Waals surface area contributed by atoms with Crippen LogP contribution in [0.15, 0.2) is 18.2 Å². The Morgan fingerprint density at radius 2 is 2.00 bits per heavy atom. The lowest BCUT2D eigenvalue weighted by Crippen LogP contribution is -2.40. The Morgan fingerprint density at radius 1 is 1.39 bits per heavy atom. The van der Waals surface area contributed by atoms with E-state index < -0.39 is 17.9 Å². The number of halogens is 2. The van der Waals surface area contributed by atoms with E-state index in [0.29, 0.717) is 10.6 Å². The zero-order chi connectivity index (χ0) is 13.9. The second-order valence-electron chi connectivity index (χ2n) is 4.02. The summed E-state index contributed by atoms with van der Waals surface area (Å²) in [5.74, 6) is -1.91. The molecule has 0 aliphatic carbocycles. The number of benzene rings is 1. The third kappa shape index (κ3) is 3.84. The molecule has 0 aliphatic heterocycles. The first kappa shape index (κ1) is 15.2. The van der Waals surface area contributed by atoms with Crippen molar-refractivity contribution < 1.29 is 14.7 Å². The van der Waals surface area contributed by atoms with E-state index in [0.717, 1.165) is 3.57 Å². The van der Waals surface area contributed by atoms with Crippen molar-refractivity contribution >= 4 is 46.1 Å². The fraction of sp³-hybridized carbons (Fsp3) is 0.333. The molecule has 0 heterocycles. The number of carbonyl (C=O) groups is 2. The maximum absolute atomic E-state index is 11.9. The molecular formula is C12H13ClINO3. The van der Waals surface area contributed by atoms with Crippen LogP contribution >= 0.6 is 34.2 Å². The summed E-state index contributed by atoms with van der Waals surface area (Å²) in [6.45, 7) is 3.21. The van der Waals surface area contributed by atoms with Crippen molar-refractivity contribution in [3.05, 3.63) is 32.4 Å². The van der Waals surface area contributed by atoms with Crippen molar-refractivity contribution in [2.75, 3.05) is 0 Å². The highest BCUT2D eigenvalue weighted by atomic mass is 127. The highest BCUT2D eigenvalue weighted by molar-refractivity contribution is 14.1.